The second-order valence-electron chi connectivity index (χ2n) is 8.60. The Morgan fingerprint density at radius 3 is 2.20 bits per heavy atom. The number of amides is 2. The zero-order valence-electron chi connectivity index (χ0n) is 20.0. The molecular formula is C27H28N2O6. The summed E-state index contributed by atoms with van der Waals surface area (Å²) in [5.74, 6) is 10.00. The molecule has 8 nitrogen and oxygen atoms in total. The molecule has 2 aromatic rings. The van der Waals surface area contributed by atoms with Crippen molar-refractivity contribution in [3.05, 3.63) is 65.2 Å². The van der Waals surface area contributed by atoms with Crippen molar-refractivity contribution >= 4 is 23.5 Å². The SMILES string of the molecule is C[C@@H](O)[C@H](NC(=O)c1ccc(C#CC#Cc2cccc(NC(=O)OC(C)(C)C)c2)cc1)C(=O)CO. The van der Waals surface area contributed by atoms with Crippen molar-refractivity contribution in [2.24, 2.45) is 0 Å². The van der Waals surface area contributed by atoms with Crippen LogP contribution in [0.5, 0.6) is 0 Å². The van der Waals surface area contributed by atoms with Crippen LogP contribution in [0.15, 0.2) is 48.5 Å². The summed E-state index contributed by atoms with van der Waals surface area (Å²) in [6.07, 6.45) is -1.70. The molecular weight excluding hydrogens is 448 g/mol. The largest absolute Gasteiger partial charge is 0.444 e. The van der Waals surface area contributed by atoms with Gasteiger partial charge in [0.15, 0.2) is 5.78 Å². The molecule has 2 aromatic carbocycles. The smallest absolute Gasteiger partial charge is 0.412 e. The van der Waals surface area contributed by atoms with Crippen LogP contribution in [-0.4, -0.2) is 52.4 Å². The highest BCUT2D eigenvalue weighted by molar-refractivity contribution is 5.98. The summed E-state index contributed by atoms with van der Waals surface area (Å²) in [7, 11) is 0. The Morgan fingerprint density at radius 2 is 1.63 bits per heavy atom. The Morgan fingerprint density at radius 1 is 1.00 bits per heavy atom. The lowest BCUT2D eigenvalue weighted by Gasteiger charge is -2.19. The molecule has 0 saturated heterocycles. The van der Waals surface area contributed by atoms with Gasteiger partial charge in [0.1, 0.15) is 18.2 Å². The first-order chi connectivity index (χ1) is 16.5. The number of ether oxygens (including phenoxy) is 1. The number of anilines is 1. The van der Waals surface area contributed by atoms with Crippen LogP contribution in [0.1, 0.15) is 49.2 Å². The highest BCUT2D eigenvalue weighted by atomic mass is 16.6. The third-order valence-electron chi connectivity index (χ3n) is 4.40. The molecule has 0 aromatic heterocycles. The van der Waals surface area contributed by atoms with Crippen molar-refractivity contribution in [1.29, 1.82) is 0 Å². The Balaban J connectivity index is 2.01. The highest BCUT2D eigenvalue weighted by Crippen LogP contribution is 2.13. The molecule has 182 valence electrons. The van der Waals surface area contributed by atoms with E-state index in [1.54, 1.807) is 57.2 Å². The number of rotatable bonds is 6. The van der Waals surface area contributed by atoms with Gasteiger partial charge in [-0.1, -0.05) is 17.9 Å². The molecule has 0 fully saturated rings. The second kappa shape index (κ2) is 12.4. The van der Waals surface area contributed by atoms with E-state index in [9.17, 15) is 19.5 Å². The van der Waals surface area contributed by atoms with E-state index in [0.29, 0.717) is 16.8 Å². The third-order valence-corrected chi connectivity index (χ3v) is 4.40. The third kappa shape index (κ3) is 9.34. The minimum Gasteiger partial charge on any atom is -0.444 e. The van der Waals surface area contributed by atoms with E-state index in [1.807, 2.05) is 0 Å². The number of aliphatic hydroxyl groups is 2. The maximum absolute atomic E-state index is 12.3. The fourth-order valence-electron chi connectivity index (χ4n) is 2.80. The van der Waals surface area contributed by atoms with Gasteiger partial charge >= 0.3 is 6.09 Å². The number of hydrogen-bond acceptors (Lipinski definition) is 6. The van der Waals surface area contributed by atoms with Crippen LogP contribution in [0.3, 0.4) is 0 Å². The molecule has 35 heavy (non-hydrogen) atoms. The summed E-state index contributed by atoms with van der Waals surface area (Å²) in [4.78, 5) is 35.9. The average molecular weight is 477 g/mol. The molecule has 8 heteroatoms. The Bertz CT molecular complexity index is 1190. The lowest BCUT2D eigenvalue weighted by atomic mass is 10.1. The molecule has 0 unspecified atom stereocenters. The Labute approximate surface area is 204 Å². The second-order valence-corrected chi connectivity index (χ2v) is 8.60. The van der Waals surface area contributed by atoms with Crippen molar-refractivity contribution in [3.63, 3.8) is 0 Å². The van der Waals surface area contributed by atoms with Crippen LogP contribution < -0.4 is 10.6 Å². The van der Waals surface area contributed by atoms with Crippen LogP contribution in [0.4, 0.5) is 10.5 Å². The minimum absolute atomic E-state index is 0.271. The number of carbonyl (C=O) groups excluding carboxylic acids is 3. The maximum Gasteiger partial charge on any atom is 0.412 e. The molecule has 0 heterocycles. The van der Waals surface area contributed by atoms with E-state index < -0.39 is 42.1 Å². The minimum atomic E-state index is -1.19. The lowest BCUT2D eigenvalue weighted by molar-refractivity contribution is -0.125. The number of carbonyl (C=O) groups is 3. The number of hydrogen-bond donors (Lipinski definition) is 4. The van der Waals surface area contributed by atoms with Crippen LogP contribution >= 0.6 is 0 Å². The molecule has 2 amide bonds. The number of aliphatic hydroxyl groups excluding tert-OH is 2. The van der Waals surface area contributed by atoms with Gasteiger partial charge < -0.3 is 20.3 Å². The Hall–Kier alpha value is -4.11. The van der Waals surface area contributed by atoms with Gasteiger partial charge in [0.25, 0.3) is 5.91 Å². The van der Waals surface area contributed by atoms with Gasteiger partial charge in [-0.05, 0) is 82.0 Å². The van der Waals surface area contributed by atoms with Gasteiger partial charge in [0.2, 0.25) is 0 Å². The first-order valence-corrected chi connectivity index (χ1v) is 10.8. The van der Waals surface area contributed by atoms with E-state index in [-0.39, 0.29) is 5.56 Å². The predicted molar refractivity (Wildman–Crippen MR) is 132 cm³/mol. The summed E-state index contributed by atoms with van der Waals surface area (Å²) >= 11 is 0. The van der Waals surface area contributed by atoms with E-state index in [2.05, 4.69) is 34.3 Å². The van der Waals surface area contributed by atoms with Gasteiger partial charge in [-0.3, -0.25) is 14.9 Å². The van der Waals surface area contributed by atoms with Crippen molar-refractivity contribution in [1.82, 2.24) is 5.32 Å². The fraction of sp³-hybridized carbons (Fsp3) is 0.296. The predicted octanol–water partition coefficient (Wildman–Crippen LogP) is 2.48. The molecule has 0 saturated carbocycles. The first-order valence-electron chi connectivity index (χ1n) is 10.8. The summed E-state index contributed by atoms with van der Waals surface area (Å²) in [6.45, 7) is 5.92. The Kier molecular flexibility index (Phi) is 9.60. The van der Waals surface area contributed by atoms with Crippen molar-refractivity contribution in [3.8, 4) is 23.7 Å². The molecule has 0 aliphatic rings. The molecule has 4 N–H and O–H groups in total. The van der Waals surface area contributed by atoms with E-state index in [0.717, 1.165) is 0 Å². The van der Waals surface area contributed by atoms with Gasteiger partial charge in [0.05, 0.1) is 6.10 Å². The van der Waals surface area contributed by atoms with Crippen molar-refractivity contribution < 1.29 is 29.3 Å². The molecule has 0 aliphatic heterocycles. The average Bonchev–Trinajstić information content (AvgIpc) is 2.78. The molecule has 0 spiro atoms. The highest BCUT2D eigenvalue weighted by Gasteiger charge is 2.25. The van der Waals surface area contributed by atoms with Crippen molar-refractivity contribution in [2.75, 3.05) is 11.9 Å². The first kappa shape index (κ1) is 27.1. The number of Topliss-reactive ketones (excluding diaryl/α,β-unsaturated/α-hetero) is 1. The maximum atomic E-state index is 12.3. The zero-order valence-corrected chi connectivity index (χ0v) is 20.0. The van der Waals surface area contributed by atoms with Crippen molar-refractivity contribution in [2.45, 2.75) is 45.4 Å². The number of benzene rings is 2. The van der Waals surface area contributed by atoms with E-state index >= 15 is 0 Å². The van der Waals surface area contributed by atoms with Crippen LogP contribution in [-0.2, 0) is 9.53 Å². The lowest BCUT2D eigenvalue weighted by Crippen LogP contribution is -2.48. The van der Waals surface area contributed by atoms with Crippen LogP contribution in [0, 0.1) is 23.7 Å². The van der Waals surface area contributed by atoms with E-state index in [1.165, 1.54) is 19.1 Å². The zero-order chi connectivity index (χ0) is 26.0. The monoisotopic (exact) mass is 476 g/mol. The van der Waals surface area contributed by atoms with Crippen LogP contribution in [0.25, 0.3) is 0 Å². The summed E-state index contributed by atoms with van der Waals surface area (Å²) in [5, 5.41) is 23.7. The van der Waals surface area contributed by atoms with Gasteiger partial charge in [-0.15, -0.1) is 0 Å². The standard InChI is InChI=1S/C27H28N2O6/c1-18(31)24(23(32)17-30)29-25(33)21-14-12-19(13-15-21)8-5-6-9-20-10-7-11-22(16-20)28-26(34)35-27(2,3)4/h7,10-16,18,24,30-31H,17H2,1-4H3,(H,28,34)(H,29,33)/t18-,24+/m1/s1. The molecule has 2 rings (SSSR count). The summed E-state index contributed by atoms with van der Waals surface area (Å²) < 4.78 is 5.23. The quantitative estimate of drug-likeness (QED) is 0.475. The molecule has 0 aliphatic carbocycles. The van der Waals surface area contributed by atoms with Gasteiger partial charge in [0, 0.05) is 22.4 Å². The van der Waals surface area contributed by atoms with Gasteiger partial charge in [-0.25, -0.2) is 4.79 Å². The van der Waals surface area contributed by atoms with Gasteiger partial charge in [-0.2, -0.15) is 0 Å². The van der Waals surface area contributed by atoms with E-state index in [4.69, 9.17) is 9.84 Å². The number of ketones is 1. The summed E-state index contributed by atoms with van der Waals surface area (Å²) in [5.41, 5.74) is 1.50. The summed E-state index contributed by atoms with van der Waals surface area (Å²) in [6, 6.07) is 12.1. The molecule has 0 radical (unpaired) electrons. The number of nitrogens with one attached hydrogen (secondary N) is 2. The topological polar surface area (TPSA) is 125 Å². The molecule has 2 atom stereocenters. The fourth-order valence-corrected chi connectivity index (χ4v) is 2.80. The van der Waals surface area contributed by atoms with Crippen LogP contribution in [0.2, 0.25) is 0 Å². The molecule has 0 bridgehead atoms. The normalized spacial score (nSPS) is 12.1.